The molecule has 2 heterocycles. The third kappa shape index (κ3) is 4.63. The number of rotatable bonds is 7. The molecule has 0 bridgehead atoms. The number of methoxy groups -OCH3 is 1. The number of amides is 2. The molecule has 0 radical (unpaired) electrons. The third-order valence-electron chi connectivity index (χ3n) is 5.04. The molecule has 0 spiro atoms. The van der Waals surface area contributed by atoms with Crippen LogP contribution < -0.4 is 15.4 Å². The quantitative estimate of drug-likeness (QED) is 0.620. The van der Waals surface area contributed by atoms with Crippen molar-refractivity contribution < 1.29 is 18.7 Å². The highest BCUT2D eigenvalue weighted by atomic mass is 16.5. The van der Waals surface area contributed by atoms with Gasteiger partial charge in [-0.1, -0.05) is 0 Å². The van der Waals surface area contributed by atoms with Gasteiger partial charge in [-0.05, 0) is 60.7 Å². The maximum absolute atomic E-state index is 12.6. The van der Waals surface area contributed by atoms with Crippen molar-refractivity contribution in [1.82, 2.24) is 4.90 Å². The van der Waals surface area contributed by atoms with E-state index in [9.17, 15) is 9.59 Å². The van der Waals surface area contributed by atoms with Gasteiger partial charge in [0.1, 0.15) is 11.5 Å². The van der Waals surface area contributed by atoms with Crippen LogP contribution in [-0.2, 0) is 16.1 Å². The standard InChI is InChI=1S/C23H23N3O4/c1-29-20-10-8-18(9-11-20)24-17-4-6-19(7-5-17)25-23(28)16-13-22(27)26(14-16)15-21-3-2-12-30-21/h2-12,16,24H,13-15H2,1H3,(H,25,28)/t16-/m0/s1. The summed E-state index contributed by atoms with van der Waals surface area (Å²) in [5, 5.41) is 6.20. The van der Waals surface area contributed by atoms with E-state index in [4.69, 9.17) is 9.15 Å². The molecule has 2 amide bonds. The molecule has 1 aliphatic heterocycles. The molecule has 1 atom stereocenters. The molecule has 1 saturated heterocycles. The van der Waals surface area contributed by atoms with Crippen LogP contribution in [0.4, 0.5) is 17.1 Å². The smallest absolute Gasteiger partial charge is 0.229 e. The van der Waals surface area contributed by atoms with Crippen LogP contribution >= 0.6 is 0 Å². The van der Waals surface area contributed by atoms with Gasteiger partial charge in [0.2, 0.25) is 11.8 Å². The normalized spacial score (nSPS) is 15.8. The molecule has 154 valence electrons. The van der Waals surface area contributed by atoms with Gasteiger partial charge in [-0.15, -0.1) is 0 Å². The van der Waals surface area contributed by atoms with Gasteiger partial charge in [-0.3, -0.25) is 9.59 Å². The number of likely N-dealkylation sites (tertiary alicyclic amines) is 1. The van der Waals surface area contributed by atoms with Gasteiger partial charge in [-0.25, -0.2) is 0 Å². The van der Waals surface area contributed by atoms with Crippen molar-refractivity contribution in [2.24, 2.45) is 5.92 Å². The molecule has 4 rings (SSSR count). The number of carbonyl (C=O) groups excluding carboxylic acids is 2. The van der Waals surface area contributed by atoms with E-state index in [1.807, 2.05) is 54.6 Å². The SMILES string of the molecule is COc1ccc(Nc2ccc(NC(=O)[C@H]3CC(=O)N(Cc4ccco4)C3)cc2)cc1. The summed E-state index contributed by atoms with van der Waals surface area (Å²) in [5.74, 6) is 0.951. The Balaban J connectivity index is 1.31. The zero-order valence-electron chi connectivity index (χ0n) is 16.6. The van der Waals surface area contributed by atoms with Crippen LogP contribution in [0.1, 0.15) is 12.2 Å². The van der Waals surface area contributed by atoms with E-state index in [2.05, 4.69) is 10.6 Å². The lowest BCUT2D eigenvalue weighted by Gasteiger charge is -2.15. The van der Waals surface area contributed by atoms with Crippen LogP contribution in [-0.4, -0.2) is 30.4 Å². The Hall–Kier alpha value is -3.74. The summed E-state index contributed by atoms with van der Waals surface area (Å²) in [6.07, 6.45) is 1.79. The van der Waals surface area contributed by atoms with E-state index in [0.29, 0.717) is 24.5 Å². The molecule has 30 heavy (non-hydrogen) atoms. The number of nitrogens with zero attached hydrogens (tertiary/aromatic N) is 1. The first-order valence-corrected chi connectivity index (χ1v) is 9.73. The number of anilines is 3. The molecule has 7 nitrogen and oxygen atoms in total. The van der Waals surface area contributed by atoms with E-state index in [0.717, 1.165) is 17.1 Å². The Kier molecular flexibility index (Phi) is 5.70. The van der Waals surface area contributed by atoms with Crippen LogP contribution in [0.15, 0.2) is 71.3 Å². The first kappa shape index (κ1) is 19.6. The lowest BCUT2D eigenvalue weighted by Crippen LogP contribution is -2.27. The lowest BCUT2D eigenvalue weighted by molar-refractivity contribution is -0.128. The van der Waals surface area contributed by atoms with Crippen LogP contribution in [0, 0.1) is 5.92 Å². The van der Waals surface area contributed by atoms with E-state index in [1.165, 1.54) is 0 Å². The Bertz CT molecular complexity index is 998. The Morgan fingerprint density at radius 2 is 1.73 bits per heavy atom. The number of hydrogen-bond acceptors (Lipinski definition) is 5. The molecular formula is C23H23N3O4. The monoisotopic (exact) mass is 405 g/mol. The number of ether oxygens (including phenoxy) is 1. The van der Waals surface area contributed by atoms with Crippen molar-refractivity contribution in [3.05, 3.63) is 72.7 Å². The van der Waals surface area contributed by atoms with E-state index >= 15 is 0 Å². The Morgan fingerprint density at radius 1 is 1.07 bits per heavy atom. The molecular weight excluding hydrogens is 382 g/mol. The zero-order chi connectivity index (χ0) is 20.9. The molecule has 0 unspecified atom stereocenters. The van der Waals surface area contributed by atoms with Crippen molar-refractivity contribution in [2.45, 2.75) is 13.0 Å². The van der Waals surface area contributed by atoms with E-state index in [-0.39, 0.29) is 24.2 Å². The molecule has 0 saturated carbocycles. The third-order valence-corrected chi connectivity index (χ3v) is 5.04. The molecule has 3 aromatic rings. The minimum Gasteiger partial charge on any atom is -0.497 e. The zero-order valence-corrected chi connectivity index (χ0v) is 16.6. The van der Waals surface area contributed by atoms with Crippen molar-refractivity contribution in [3.63, 3.8) is 0 Å². The van der Waals surface area contributed by atoms with Gasteiger partial charge in [-0.2, -0.15) is 0 Å². The topological polar surface area (TPSA) is 83.8 Å². The van der Waals surface area contributed by atoms with Gasteiger partial charge in [0.15, 0.2) is 0 Å². The predicted octanol–water partition coefficient (Wildman–Crippen LogP) is 4.02. The van der Waals surface area contributed by atoms with Crippen LogP contribution in [0.2, 0.25) is 0 Å². The van der Waals surface area contributed by atoms with Gasteiger partial charge >= 0.3 is 0 Å². The predicted molar refractivity (Wildman–Crippen MR) is 114 cm³/mol. The molecule has 1 fully saturated rings. The Morgan fingerprint density at radius 3 is 2.37 bits per heavy atom. The van der Waals surface area contributed by atoms with Gasteiger partial charge < -0.3 is 24.7 Å². The summed E-state index contributed by atoms with van der Waals surface area (Å²) >= 11 is 0. The summed E-state index contributed by atoms with van der Waals surface area (Å²) in [7, 11) is 1.63. The summed E-state index contributed by atoms with van der Waals surface area (Å²) in [6.45, 7) is 0.782. The number of furan rings is 1. The second kappa shape index (κ2) is 8.73. The number of hydrogen-bond donors (Lipinski definition) is 2. The number of nitrogens with one attached hydrogen (secondary N) is 2. The number of benzene rings is 2. The fourth-order valence-electron chi connectivity index (χ4n) is 3.41. The van der Waals surface area contributed by atoms with Gasteiger partial charge in [0.25, 0.3) is 0 Å². The van der Waals surface area contributed by atoms with E-state index < -0.39 is 0 Å². The first-order valence-electron chi connectivity index (χ1n) is 9.73. The first-order chi connectivity index (χ1) is 14.6. The molecule has 7 heteroatoms. The van der Waals surface area contributed by atoms with Crippen LogP contribution in [0.5, 0.6) is 5.75 Å². The van der Waals surface area contributed by atoms with Crippen LogP contribution in [0.3, 0.4) is 0 Å². The molecule has 2 N–H and O–H groups in total. The summed E-state index contributed by atoms with van der Waals surface area (Å²) in [6, 6.07) is 18.7. The second-order valence-electron chi connectivity index (χ2n) is 7.17. The molecule has 1 aliphatic rings. The highest BCUT2D eigenvalue weighted by Crippen LogP contribution is 2.24. The fraction of sp³-hybridized carbons (Fsp3) is 0.217. The summed E-state index contributed by atoms with van der Waals surface area (Å²) in [5.41, 5.74) is 2.53. The average Bonchev–Trinajstić information content (AvgIpc) is 3.40. The maximum Gasteiger partial charge on any atom is 0.229 e. The second-order valence-corrected chi connectivity index (χ2v) is 7.17. The van der Waals surface area contributed by atoms with Crippen molar-refractivity contribution in [2.75, 3.05) is 24.3 Å². The lowest BCUT2D eigenvalue weighted by atomic mass is 10.1. The van der Waals surface area contributed by atoms with Gasteiger partial charge in [0.05, 0.1) is 25.8 Å². The molecule has 0 aliphatic carbocycles. The van der Waals surface area contributed by atoms with Gasteiger partial charge in [0, 0.05) is 30.0 Å². The maximum atomic E-state index is 12.6. The minimum absolute atomic E-state index is 0.0365. The minimum atomic E-state index is -0.371. The largest absolute Gasteiger partial charge is 0.497 e. The average molecular weight is 405 g/mol. The van der Waals surface area contributed by atoms with E-state index in [1.54, 1.807) is 24.3 Å². The van der Waals surface area contributed by atoms with Crippen molar-refractivity contribution in [3.8, 4) is 5.75 Å². The Labute approximate surface area is 174 Å². The highest BCUT2D eigenvalue weighted by Gasteiger charge is 2.34. The number of carbonyl (C=O) groups is 2. The highest BCUT2D eigenvalue weighted by molar-refractivity contribution is 5.97. The fourth-order valence-corrected chi connectivity index (χ4v) is 3.41. The molecule has 1 aromatic heterocycles. The molecule has 2 aromatic carbocycles. The van der Waals surface area contributed by atoms with Crippen molar-refractivity contribution in [1.29, 1.82) is 0 Å². The van der Waals surface area contributed by atoms with Crippen LogP contribution in [0.25, 0.3) is 0 Å². The summed E-state index contributed by atoms with van der Waals surface area (Å²) in [4.78, 5) is 26.5. The van der Waals surface area contributed by atoms with Crippen molar-refractivity contribution >= 4 is 28.9 Å². The summed E-state index contributed by atoms with van der Waals surface area (Å²) < 4.78 is 10.5.